The molecule has 13 rings (SSSR count). The second-order valence-electron chi connectivity index (χ2n) is 17.4. The lowest BCUT2D eigenvalue weighted by Crippen LogP contribution is -2.39. The van der Waals surface area contributed by atoms with Crippen molar-refractivity contribution >= 4 is 45.8 Å². The first kappa shape index (κ1) is 35.6. The van der Waals surface area contributed by atoms with Gasteiger partial charge < -0.3 is 18.9 Å². The summed E-state index contributed by atoms with van der Waals surface area (Å²) >= 11 is 6.05. The molecule has 6 aliphatic rings. The maximum absolute atomic E-state index is 6.57. The first-order valence-electron chi connectivity index (χ1n) is 20.5. The summed E-state index contributed by atoms with van der Waals surface area (Å²) in [5, 5.41) is 0. The van der Waals surface area contributed by atoms with Gasteiger partial charge in [0.05, 0.1) is 65.8 Å². The van der Waals surface area contributed by atoms with E-state index >= 15 is 0 Å². The molecule has 3 aromatic heterocycles. The lowest BCUT2D eigenvalue weighted by Gasteiger charge is -2.34. The molecule has 4 unspecified atom stereocenters. The monoisotopic (exact) mass is 862 g/mol. The molecule has 4 atom stereocenters. The molecule has 0 saturated carbocycles. The summed E-state index contributed by atoms with van der Waals surface area (Å²) in [5.74, 6) is 2.82. The summed E-state index contributed by atoms with van der Waals surface area (Å²) in [5.41, 5.74) is 14.5. The van der Waals surface area contributed by atoms with Crippen molar-refractivity contribution in [3.05, 3.63) is 128 Å². The second-order valence-corrected chi connectivity index (χ2v) is 20.6. The third kappa shape index (κ3) is 4.76. The van der Waals surface area contributed by atoms with Crippen LogP contribution in [0, 0.1) is 0 Å². The molecule has 6 heterocycles. The molecule has 0 saturated heterocycles. The van der Waals surface area contributed by atoms with Gasteiger partial charge in [0, 0.05) is 10.8 Å². The maximum atomic E-state index is 6.57. The summed E-state index contributed by atoms with van der Waals surface area (Å²) in [6.45, 7) is 11.3. The van der Waals surface area contributed by atoms with Gasteiger partial charge in [-0.1, -0.05) is 100 Å². The number of ether oxygens (including phenoxy) is 4. The van der Waals surface area contributed by atoms with Gasteiger partial charge in [0.1, 0.15) is 38.5 Å². The van der Waals surface area contributed by atoms with Gasteiger partial charge in [-0.2, -0.15) is 8.75 Å². The second kappa shape index (κ2) is 12.7. The first-order chi connectivity index (χ1) is 29.3. The highest BCUT2D eigenvalue weighted by atomic mass is 32.1. The van der Waals surface area contributed by atoms with Crippen LogP contribution in [0.1, 0.15) is 82.9 Å². The Bertz CT molecular complexity index is 2860. The zero-order chi connectivity index (χ0) is 40.1. The van der Waals surface area contributed by atoms with Gasteiger partial charge in [-0.25, -0.2) is 8.73 Å². The largest absolute Gasteiger partial charge is 0.485 e. The fourth-order valence-corrected chi connectivity index (χ4v) is 14.8. The van der Waals surface area contributed by atoms with Gasteiger partial charge >= 0.3 is 0 Å². The molecule has 3 aliphatic heterocycles. The predicted molar refractivity (Wildman–Crippen MR) is 240 cm³/mol. The van der Waals surface area contributed by atoms with Gasteiger partial charge in [-0.15, -0.1) is 22.7 Å². The highest BCUT2D eigenvalue weighted by Gasteiger charge is 2.53. The Labute approximate surface area is 363 Å². The minimum absolute atomic E-state index is 0.119. The summed E-state index contributed by atoms with van der Waals surface area (Å²) in [6.07, 6.45) is 0. The maximum Gasteiger partial charge on any atom is 0.180 e. The fourth-order valence-electron chi connectivity index (χ4n) is 10.7. The smallest absolute Gasteiger partial charge is 0.180 e. The van der Waals surface area contributed by atoms with Crippen LogP contribution in [0.3, 0.4) is 0 Å². The number of nitrogens with zero attached hydrogens (tertiary/aromatic N) is 4. The number of hydrogen-bond acceptors (Lipinski definition) is 11. The molecule has 12 heteroatoms. The Balaban J connectivity index is 0.924. The molecule has 0 amide bonds. The lowest BCUT2D eigenvalue weighted by atomic mass is 9.74. The van der Waals surface area contributed by atoms with E-state index in [4.69, 9.17) is 36.4 Å². The Morgan fingerprint density at radius 3 is 1.38 bits per heavy atom. The normalized spacial score (nSPS) is 22.6. The van der Waals surface area contributed by atoms with Crippen LogP contribution >= 0.6 is 34.4 Å². The molecule has 7 aromatic rings. The van der Waals surface area contributed by atoms with E-state index in [1.54, 1.807) is 22.7 Å². The number of rotatable bonds is 4. The predicted octanol–water partition coefficient (Wildman–Crippen LogP) is 11.6. The van der Waals surface area contributed by atoms with Gasteiger partial charge in [0.2, 0.25) is 0 Å². The minimum atomic E-state index is -0.198. The van der Waals surface area contributed by atoms with Crippen molar-refractivity contribution in [3.8, 4) is 66.1 Å². The number of aromatic nitrogens is 2. The van der Waals surface area contributed by atoms with Crippen LogP contribution in [-0.4, -0.2) is 47.3 Å². The van der Waals surface area contributed by atoms with Crippen LogP contribution in [0.5, 0.6) is 23.0 Å². The van der Waals surface area contributed by atoms with Crippen LogP contribution in [-0.2, 0) is 22.2 Å². The average molecular weight is 863 g/mol. The number of fused-ring (bicyclic) bond motifs is 10. The van der Waals surface area contributed by atoms with E-state index in [1.807, 2.05) is 0 Å². The summed E-state index contributed by atoms with van der Waals surface area (Å²) in [4.78, 5) is 4.29. The van der Waals surface area contributed by atoms with E-state index in [1.165, 1.54) is 67.6 Å². The Morgan fingerprint density at radius 2 is 0.917 bits per heavy atom. The molecule has 0 bridgehead atoms. The SMILES string of the molecule is CC1(C)c2ccccc2-c2ccc(-c3sc(C4c5nsnc5C(c5sc(-c6ccc7c(c6)C(C)(C)c6ccccc6-7)c6c5OCCO6)C5N=S=NC45)c4c3OCCO4)cc21. The van der Waals surface area contributed by atoms with Gasteiger partial charge in [-0.05, 0) is 67.8 Å². The third-order valence-electron chi connectivity index (χ3n) is 13.6. The zero-order valence-corrected chi connectivity index (χ0v) is 36.5. The summed E-state index contributed by atoms with van der Waals surface area (Å²) in [7, 11) is 0. The zero-order valence-electron chi connectivity index (χ0n) is 33.3. The lowest BCUT2D eigenvalue weighted by molar-refractivity contribution is 0.171. The van der Waals surface area contributed by atoms with E-state index in [2.05, 4.69) is 113 Å². The first-order valence-corrected chi connectivity index (χ1v) is 23.6. The van der Waals surface area contributed by atoms with Crippen molar-refractivity contribution in [2.45, 2.75) is 62.4 Å². The number of benzene rings is 4. The molecular weight excluding hydrogens is 825 g/mol. The van der Waals surface area contributed by atoms with Gasteiger partial charge in [0.15, 0.2) is 23.0 Å². The molecular formula is C48H38N4O4S4. The highest BCUT2D eigenvalue weighted by molar-refractivity contribution is 7.57. The van der Waals surface area contributed by atoms with Crippen LogP contribution in [0.15, 0.2) is 93.7 Å². The molecule has 0 N–H and O–H groups in total. The minimum Gasteiger partial charge on any atom is -0.485 e. The van der Waals surface area contributed by atoms with Crippen LogP contribution in [0.4, 0.5) is 0 Å². The summed E-state index contributed by atoms with van der Waals surface area (Å²) in [6, 6.07) is 30.9. The molecule has 0 radical (unpaired) electrons. The average Bonchev–Trinajstić information content (AvgIpc) is 4.14. The molecule has 298 valence electrons. The quantitative estimate of drug-likeness (QED) is 0.175. The van der Waals surface area contributed by atoms with Crippen molar-refractivity contribution in [1.82, 2.24) is 8.75 Å². The number of thiophene rings is 2. The van der Waals surface area contributed by atoms with Crippen molar-refractivity contribution < 1.29 is 18.9 Å². The van der Waals surface area contributed by atoms with E-state index < -0.39 is 0 Å². The highest BCUT2D eigenvalue weighted by Crippen LogP contribution is 2.62. The van der Waals surface area contributed by atoms with Crippen LogP contribution in [0.2, 0.25) is 0 Å². The summed E-state index contributed by atoms with van der Waals surface area (Å²) < 4.78 is 46.7. The van der Waals surface area contributed by atoms with E-state index in [0.29, 0.717) is 26.4 Å². The van der Waals surface area contributed by atoms with Crippen molar-refractivity contribution in [2.75, 3.05) is 26.4 Å². The van der Waals surface area contributed by atoms with Gasteiger partial charge in [0.25, 0.3) is 0 Å². The topological polar surface area (TPSA) is 87.4 Å². The standard InChI is InChI=1S/C48H38N4O4S4/c1-47(2)29-11-7-5-9-25(29)27-15-13-23(21-31(27)47)43-39-41(55-19-17-53-39)45(57-43)33-35-37(51-59-49-35)34(38-36(33)50-60-52-38)46-42-40(54-18-20-56-42)44(58-46)24-14-16-28-26-10-6-8-12-30(26)48(3,4)32(28)22-24/h5-16,21-22,33-35,37H,17-20H2,1-4H3. The van der Waals surface area contributed by atoms with Crippen molar-refractivity contribution in [2.24, 2.45) is 8.73 Å². The molecule has 0 spiro atoms. The Kier molecular flexibility index (Phi) is 7.54. The molecule has 0 fully saturated rings. The number of hydrogen-bond donors (Lipinski definition) is 0. The molecule has 8 nitrogen and oxygen atoms in total. The van der Waals surface area contributed by atoms with Crippen molar-refractivity contribution in [1.29, 1.82) is 0 Å². The van der Waals surface area contributed by atoms with Crippen LogP contribution in [0.25, 0.3) is 43.1 Å². The van der Waals surface area contributed by atoms with Crippen LogP contribution < -0.4 is 18.9 Å². The molecule has 60 heavy (non-hydrogen) atoms. The van der Waals surface area contributed by atoms with Crippen molar-refractivity contribution in [3.63, 3.8) is 0 Å². The van der Waals surface area contributed by atoms with Gasteiger partial charge in [-0.3, -0.25) is 0 Å². The molecule has 3 aliphatic carbocycles. The van der Waals surface area contributed by atoms with E-state index in [-0.39, 0.29) is 34.7 Å². The van der Waals surface area contributed by atoms with E-state index in [9.17, 15) is 0 Å². The Morgan fingerprint density at radius 1 is 0.500 bits per heavy atom. The Hall–Kier alpha value is -5.14. The molecule has 4 aromatic carbocycles. The third-order valence-corrected chi connectivity index (χ3v) is 17.4. The van der Waals surface area contributed by atoms with E-state index in [0.717, 1.165) is 65.0 Å². The fraction of sp³-hybridized carbons (Fsp3) is 0.292.